The molecule has 0 aliphatic carbocycles. The van der Waals surface area contributed by atoms with Crippen LogP contribution in [0.3, 0.4) is 0 Å². The highest BCUT2D eigenvalue weighted by Gasteiger charge is 2.26. The van der Waals surface area contributed by atoms with E-state index in [0.29, 0.717) is 23.8 Å². The Morgan fingerprint density at radius 3 is 2.74 bits per heavy atom. The van der Waals surface area contributed by atoms with E-state index in [0.717, 1.165) is 33.3 Å². The number of ether oxygens (including phenoxy) is 2. The number of hydrogen-bond acceptors (Lipinski definition) is 5. The van der Waals surface area contributed by atoms with Crippen molar-refractivity contribution in [3.8, 4) is 10.9 Å². The minimum Gasteiger partial charge on any atom is -0.497 e. The Morgan fingerprint density at radius 2 is 2.00 bits per heavy atom. The van der Waals surface area contributed by atoms with E-state index in [-0.39, 0.29) is 12.0 Å². The molecule has 1 saturated heterocycles. The fourth-order valence-corrected chi connectivity index (χ4v) is 4.50. The van der Waals surface area contributed by atoms with Gasteiger partial charge < -0.3 is 14.4 Å². The van der Waals surface area contributed by atoms with Crippen molar-refractivity contribution in [1.29, 1.82) is 0 Å². The normalized spacial score (nSPS) is 15.1. The van der Waals surface area contributed by atoms with Crippen LogP contribution in [0.25, 0.3) is 10.2 Å². The van der Waals surface area contributed by atoms with E-state index in [1.54, 1.807) is 18.4 Å². The summed E-state index contributed by atoms with van der Waals surface area (Å²) >= 11 is 5.00. The Bertz CT molecular complexity index is 967. The van der Waals surface area contributed by atoms with Gasteiger partial charge >= 0.3 is 0 Å². The van der Waals surface area contributed by atoms with Crippen molar-refractivity contribution in [2.45, 2.75) is 18.9 Å². The quantitative estimate of drug-likeness (QED) is 0.579. The van der Waals surface area contributed by atoms with E-state index in [1.807, 2.05) is 47.4 Å². The molecular formula is C20H19BrN2O3S. The molecule has 0 saturated carbocycles. The van der Waals surface area contributed by atoms with Crippen LogP contribution in [0.4, 0.5) is 0 Å². The molecule has 7 heteroatoms. The predicted octanol–water partition coefficient (Wildman–Crippen LogP) is 4.75. The maximum Gasteiger partial charge on any atom is 0.274 e. The van der Waals surface area contributed by atoms with Crippen molar-refractivity contribution >= 4 is 43.4 Å². The van der Waals surface area contributed by atoms with E-state index in [9.17, 15) is 4.79 Å². The molecule has 1 amide bonds. The van der Waals surface area contributed by atoms with Crippen LogP contribution in [0.2, 0.25) is 0 Å². The maximum atomic E-state index is 12.7. The predicted molar refractivity (Wildman–Crippen MR) is 110 cm³/mol. The van der Waals surface area contributed by atoms with Gasteiger partial charge in [0.25, 0.3) is 11.1 Å². The Morgan fingerprint density at radius 1 is 1.22 bits per heavy atom. The van der Waals surface area contributed by atoms with Crippen LogP contribution in [0, 0.1) is 0 Å². The second-order valence-electron chi connectivity index (χ2n) is 6.40. The van der Waals surface area contributed by atoms with Crippen LogP contribution in [-0.4, -0.2) is 42.1 Å². The molecule has 4 rings (SSSR count). The summed E-state index contributed by atoms with van der Waals surface area (Å²) in [4.78, 5) is 19.1. The van der Waals surface area contributed by atoms with E-state index in [4.69, 9.17) is 9.47 Å². The second-order valence-corrected chi connectivity index (χ2v) is 8.25. The fraction of sp³-hybridized carbons (Fsp3) is 0.300. The van der Waals surface area contributed by atoms with Gasteiger partial charge in [-0.1, -0.05) is 23.5 Å². The first kappa shape index (κ1) is 18.3. The number of carbonyl (C=O) groups excluding carboxylic acids is 1. The van der Waals surface area contributed by atoms with Crippen molar-refractivity contribution in [2.75, 3.05) is 20.2 Å². The first-order valence-corrected chi connectivity index (χ1v) is 10.4. The lowest BCUT2D eigenvalue weighted by Crippen LogP contribution is -2.41. The molecule has 1 fully saturated rings. The highest BCUT2D eigenvalue weighted by Crippen LogP contribution is 2.32. The number of nitrogens with zero attached hydrogens (tertiary/aromatic N) is 2. The molecule has 5 nitrogen and oxygen atoms in total. The number of amides is 1. The maximum absolute atomic E-state index is 12.7. The van der Waals surface area contributed by atoms with Gasteiger partial charge in [-0.2, -0.15) is 0 Å². The second kappa shape index (κ2) is 7.86. The topological polar surface area (TPSA) is 51.7 Å². The largest absolute Gasteiger partial charge is 0.497 e. The highest BCUT2D eigenvalue weighted by atomic mass is 79.9. The van der Waals surface area contributed by atoms with Crippen molar-refractivity contribution in [3.05, 3.63) is 52.5 Å². The smallest absolute Gasteiger partial charge is 0.274 e. The van der Waals surface area contributed by atoms with E-state index < -0.39 is 0 Å². The highest BCUT2D eigenvalue weighted by molar-refractivity contribution is 9.10. The van der Waals surface area contributed by atoms with Crippen molar-refractivity contribution in [3.63, 3.8) is 0 Å². The third kappa shape index (κ3) is 3.94. The lowest BCUT2D eigenvalue weighted by molar-refractivity contribution is 0.0594. The van der Waals surface area contributed by atoms with Gasteiger partial charge in [-0.05, 0) is 40.2 Å². The number of likely N-dealkylation sites (tertiary alicyclic amines) is 1. The summed E-state index contributed by atoms with van der Waals surface area (Å²) in [7, 11) is 1.65. The molecule has 1 aliphatic rings. The Kier molecular flexibility index (Phi) is 5.31. The molecule has 0 atom stereocenters. The summed E-state index contributed by atoms with van der Waals surface area (Å²) in [5.41, 5.74) is 1.59. The van der Waals surface area contributed by atoms with E-state index in [2.05, 4.69) is 20.9 Å². The molecule has 27 heavy (non-hydrogen) atoms. The molecule has 1 aliphatic heterocycles. The molecule has 0 spiro atoms. The van der Waals surface area contributed by atoms with Gasteiger partial charge in [0.05, 0.1) is 22.9 Å². The summed E-state index contributed by atoms with van der Waals surface area (Å²) in [5.74, 6) is 0.853. The zero-order valence-corrected chi connectivity index (χ0v) is 17.3. The van der Waals surface area contributed by atoms with Gasteiger partial charge in [0.1, 0.15) is 11.9 Å². The minimum atomic E-state index is 0.0630. The van der Waals surface area contributed by atoms with E-state index >= 15 is 0 Å². The van der Waals surface area contributed by atoms with Gasteiger partial charge in [-0.3, -0.25) is 4.79 Å². The van der Waals surface area contributed by atoms with Crippen molar-refractivity contribution in [1.82, 2.24) is 9.88 Å². The molecular weight excluding hydrogens is 428 g/mol. The number of carbonyl (C=O) groups is 1. The Hall–Kier alpha value is -2.12. The molecule has 2 heterocycles. The Balaban J connectivity index is 1.38. The van der Waals surface area contributed by atoms with E-state index in [1.165, 1.54) is 0 Å². The number of hydrogen-bond donors (Lipinski definition) is 0. The van der Waals surface area contributed by atoms with Gasteiger partial charge in [-0.15, -0.1) is 0 Å². The number of piperidine rings is 1. The SMILES string of the molecule is COc1ccc2sc(OC3CCN(C(=O)c4ccccc4Br)CC3)nc2c1. The van der Waals surface area contributed by atoms with Gasteiger partial charge in [0.2, 0.25) is 0 Å². The molecule has 0 unspecified atom stereocenters. The van der Waals surface area contributed by atoms with Crippen molar-refractivity contribution in [2.24, 2.45) is 0 Å². The zero-order valence-electron chi connectivity index (χ0n) is 14.9. The average Bonchev–Trinajstić information content (AvgIpc) is 3.09. The molecule has 0 radical (unpaired) electrons. The number of benzene rings is 2. The molecule has 0 bridgehead atoms. The zero-order chi connectivity index (χ0) is 18.8. The number of fused-ring (bicyclic) bond motifs is 1. The lowest BCUT2D eigenvalue weighted by atomic mass is 10.1. The average molecular weight is 447 g/mol. The third-order valence-electron chi connectivity index (χ3n) is 4.68. The number of methoxy groups -OCH3 is 1. The standard InChI is InChI=1S/C20H19BrN2O3S/c1-25-14-6-7-18-17(12-14)22-20(27-18)26-13-8-10-23(11-9-13)19(24)15-4-2-3-5-16(15)21/h2-7,12-13H,8-11H2,1H3. The molecule has 3 aromatic rings. The number of aromatic nitrogens is 1. The number of rotatable bonds is 4. The summed E-state index contributed by atoms with van der Waals surface area (Å²) in [5, 5.41) is 0.675. The Labute approximate surface area is 170 Å². The molecule has 0 N–H and O–H groups in total. The number of thiazole rings is 1. The summed E-state index contributed by atoms with van der Waals surface area (Å²) in [6.45, 7) is 1.37. The van der Waals surface area contributed by atoms with Gasteiger partial charge in [0, 0.05) is 36.5 Å². The molecule has 1 aromatic heterocycles. The monoisotopic (exact) mass is 446 g/mol. The molecule has 140 valence electrons. The van der Waals surface area contributed by atoms with Crippen LogP contribution in [0.1, 0.15) is 23.2 Å². The van der Waals surface area contributed by atoms with Crippen LogP contribution >= 0.6 is 27.3 Å². The number of halogens is 1. The first-order chi connectivity index (χ1) is 13.1. The lowest BCUT2D eigenvalue weighted by Gasteiger charge is -2.31. The first-order valence-electron chi connectivity index (χ1n) is 8.79. The third-order valence-corrected chi connectivity index (χ3v) is 6.29. The summed E-state index contributed by atoms with van der Waals surface area (Å²) < 4.78 is 13.2. The summed E-state index contributed by atoms with van der Waals surface area (Å²) in [6, 6.07) is 13.4. The summed E-state index contributed by atoms with van der Waals surface area (Å²) in [6.07, 6.45) is 1.68. The molecule has 2 aromatic carbocycles. The van der Waals surface area contributed by atoms with Gasteiger partial charge in [-0.25, -0.2) is 4.98 Å². The van der Waals surface area contributed by atoms with Crippen molar-refractivity contribution < 1.29 is 14.3 Å². The van der Waals surface area contributed by atoms with Crippen LogP contribution in [0.5, 0.6) is 10.9 Å². The van der Waals surface area contributed by atoms with Crippen LogP contribution in [0.15, 0.2) is 46.9 Å². The van der Waals surface area contributed by atoms with Crippen LogP contribution < -0.4 is 9.47 Å². The van der Waals surface area contributed by atoms with Crippen LogP contribution in [-0.2, 0) is 0 Å². The minimum absolute atomic E-state index is 0.0630. The fourth-order valence-electron chi connectivity index (χ4n) is 3.19. The van der Waals surface area contributed by atoms with Gasteiger partial charge in [0.15, 0.2) is 0 Å².